The molecule has 9 heteroatoms. The fraction of sp³-hybridized carbons (Fsp3) is 0.267. The van der Waals surface area contributed by atoms with E-state index in [1.807, 2.05) is 6.07 Å². The van der Waals surface area contributed by atoms with Crippen LogP contribution in [0.25, 0.3) is 0 Å². The lowest BCUT2D eigenvalue weighted by atomic mass is 10.2. The monoisotopic (exact) mass is 448 g/mol. The van der Waals surface area contributed by atoms with Gasteiger partial charge >= 0.3 is 0 Å². The molecule has 0 saturated heterocycles. The molecule has 1 saturated carbocycles. The highest BCUT2D eigenvalue weighted by Gasteiger charge is 2.28. The number of halogens is 2. The van der Waals surface area contributed by atoms with Crippen molar-refractivity contribution in [3.63, 3.8) is 0 Å². The van der Waals surface area contributed by atoms with E-state index in [1.54, 1.807) is 12.1 Å². The predicted octanol–water partition coefficient (Wildman–Crippen LogP) is 3.53. The molecule has 5 nitrogen and oxygen atoms in total. The van der Waals surface area contributed by atoms with E-state index < -0.39 is 10.0 Å². The van der Waals surface area contributed by atoms with Crippen LogP contribution < -0.4 is 10.0 Å². The van der Waals surface area contributed by atoms with Gasteiger partial charge in [-0.15, -0.1) is 11.3 Å². The number of carbonyl (C=O) groups is 1. The Morgan fingerprint density at radius 1 is 1.29 bits per heavy atom. The van der Waals surface area contributed by atoms with Gasteiger partial charge in [0.05, 0.1) is 21.3 Å². The molecule has 0 bridgehead atoms. The number of amides is 1. The van der Waals surface area contributed by atoms with Gasteiger partial charge in [0.1, 0.15) is 0 Å². The van der Waals surface area contributed by atoms with Gasteiger partial charge in [-0.25, -0.2) is 13.1 Å². The van der Waals surface area contributed by atoms with Gasteiger partial charge in [-0.2, -0.15) is 0 Å². The van der Waals surface area contributed by atoms with Gasteiger partial charge in [-0.1, -0.05) is 11.6 Å². The molecule has 1 fully saturated rings. The van der Waals surface area contributed by atoms with Crippen molar-refractivity contribution < 1.29 is 13.2 Å². The minimum atomic E-state index is -3.60. The number of carbonyl (C=O) groups excluding carboxylic acids is 1. The maximum absolute atomic E-state index is 12.4. The Kier molecular flexibility index (Phi) is 5.31. The largest absolute Gasteiger partial charge is 0.347 e. The molecule has 2 aromatic rings. The number of rotatable bonds is 6. The van der Waals surface area contributed by atoms with Crippen LogP contribution in [0.15, 0.2) is 39.7 Å². The van der Waals surface area contributed by atoms with E-state index >= 15 is 0 Å². The number of hydrogen-bond donors (Lipinski definition) is 2. The molecular weight excluding hydrogens is 436 g/mol. The maximum atomic E-state index is 12.4. The van der Waals surface area contributed by atoms with Crippen LogP contribution in [-0.2, 0) is 16.6 Å². The van der Waals surface area contributed by atoms with E-state index in [9.17, 15) is 13.2 Å². The van der Waals surface area contributed by atoms with Crippen LogP contribution in [-0.4, -0.2) is 20.4 Å². The number of hydrogen-bond acceptors (Lipinski definition) is 4. The summed E-state index contributed by atoms with van der Waals surface area (Å²) in [5.74, 6) is -0.352. The lowest BCUT2D eigenvalue weighted by Gasteiger charge is -2.10. The van der Waals surface area contributed by atoms with E-state index in [0.717, 1.165) is 17.7 Å². The molecule has 0 radical (unpaired) electrons. The fourth-order valence-corrected chi connectivity index (χ4v) is 4.83. The molecule has 1 aliphatic carbocycles. The molecule has 0 aliphatic heterocycles. The van der Waals surface area contributed by atoms with Gasteiger partial charge in [-0.3, -0.25) is 4.79 Å². The van der Waals surface area contributed by atoms with Crippen LogP contribution >= 0.6 is 38.9 Å². The average Bonchev–Trinajstić information content (AvgIpc) is 3.23. The van der Waals surface area contributed by atoms with E-state index in [-0.39, 0.29) is 22.4 Å². The smallest absolute Gasteiger partial charge is 0.252 e. The molecule has 24 heavy (non-hydrogen) atoms. The average molecular weight is 450 g/mol. The van der Waals surface area contributed by atoms with E-state index in [2.05, 4.69) is 26.0 Å². The van der Waals surface area contributed by atoms with Crippen molar-refractivity contribution in [2.75, 3.05) is 0 Å². The SMILES string of the molecule is O=C(NCc1ccc(Cl)s1)c1cc(S(=O)(=O)NC2CC2)ccc1Br. The van der Waals surface area contributed by atoms with E-state index in [0.29, 0.717) is 15.4 Å². The summed E-state index contributed by atoms with van der Waals surface area (Å²) >= 11 is 10.5. The molecule has 0 atom stereocenters. The highest BCUT2D eigenvalue weighted by Crippen LogP contribution is 2.25. The zero-order valence-corrected chi connectivity index (χ0v) is 16.4. The summed E-state index contributed by atoms with van der Waals surface area (Å²) in [7, 11) is -3.60. The van der Waals surface area contributed by atoms with Gasteiger partial charge in [0, 0.05) is 15.4 Å². The molecular formula is C15H14BrClN2O3S2. The molecule has 1 aliphatic rings. The van der Waals surface area contributed by atoms with Gasteiger partial charge < -0.3 is 5.32 Å². The second kappa shape index (κ2) is 7.13. The Hall–Kier alpha value is -0.930. The van der Waals surface area contributed by atoms with Crippen molar-refractivity contribution >= 4 is 54.8 Å². The Bertz CT molecular complexity index is 879. The van der Waals surface area contributed by atoms with Crippen molar-refractivity contribution in [2.45, 2.75) is 30.3 Å². The van der Waals surface area contributed by atoms with Gasteiger partial charge in [0.15, 0.2) is 0 Å². The Morgan fingerprint density at radius 3 is 2.67 bits per heavy atom. The third-order valence-electron chi connectivity index (χ3n) is 3.44. The first-order valence-electron chi connectivity index (χ1n) is 7.19. The normalized spacial score (nSPS) is 14.6. The highest BCUT2D eigenvalue weighted by atomic mass is 79.9. The summed E-state index contributed by atoms with van der Waals surface area (Å²) < 4.78 is 28.4. The Labute approximate surface area is 157 Å². The van der Waals surface area contributed by atoms with Gasteiger partial charge in [-0.05, 0) is 59.1 Å². The molecule has 3 rings (SSSR count). The maximum Gasteiger partial charge on any atom is 0.252 e. The third-order valence-corrected chi connectivity index (χ3v) is 6.88. The standard InChI is InChI=1S/C15H14BrClN2O3S2/c16-13-5-4-11(24(21,22)19-9-1-2-9)7-12(13)15(20)18-8-10-3-6-14(17)23-10/h3-7,9,19H,1-2,8H2,(H,18,20). The van der Waals surface area contributed by atoms with Crippen LogP contribution in [0.3, 0.4) is 0 Å². The zero-order chi connectivity index (χ0) is 17.3. The van der Waals surface area contributed by atoms with E-state index in [4.69, 9.17) is 11.6 Å². The van der Waals surface area contributed by atoms with Gasteiger partial charge in [0.25, 0.3) is 5.91 Å². The lowest BCUT2D eigenvalue weighted by molar-refractivity contribution is 0.0950. The minimum absolute atomic E-state index is 0.0134. The summed E-state index contributed by atoms with van der Waals surface area (Å²) in [6, 6.07) is 8.04. The number of benzene rings is 1. The second-order valence-electron chi connectivity index (χ2n) is 5.43. The quantitative estimate of drug-likeness (QED) is 0.708. The third kappa shape index (κ3) is 4.37. The predicted molar refractivity (Wildman–Crippen MR) is 98.0 cm³/mol. The summed E-state index contributed by atoms with van der Waals surface area (Å²) in [6.45, 7) is 0.333. The summed E-state index contributed by atoms with van der Waals surface area (Å²) in [5, 5.41) is 2.77. The first-order chi connectivity index (χ1) is 11.3. The van der Waals surface area contributed by atoms with Crippen molar-refractivity contribution in [3.8, 4) is 0 Å². The van der Waals surface area contributed by atoms with Crippen molar-refractivity contribution in [3.05, 3.63) is 49.6 Å². The fourth-order valence-electron chi connectivity index (χ4n) is 2.04. The first-order valence-corrected chi connectivity index (χ1v) is 10.7. The molecule has 0 unspecified atom stereocenters. The number of sulfonamides is 1. The summed E-state index contributed by atoms with van der Waals surface area (Å²) in [4.78, 5) is 13.4. The Balaban J connectivity index is 1.76. The van der Waals surface area contributed by atoms with Crippen LogP contribution in [0, 0.1) is 0 Å². The highest BCUT2D eigenvalue weighted by molar-refractivity contribution is 9.10. The number of nitrogens with one attached hydrogen (secondary N) is 2. The molecule has 1 heterocycles. The second-order valence-corrected chi connectivity index (χ2v) is 9.79. The molecule has 1 aromatic heterocycles. The van der Waals surface area contributed by atoms with Crippen molar-refractivity contribution in [1.82, 2.24) is 10.0 Å². The summed E-state index contributed by atoms with van der Waals surface area (Å²) in [6.07, 6.45) is 1.71. The lowest BCUT2D eigenvalue weighted by Crippen LogP contribution is -2.27. The topological polar surface area (TPSA) is 75.3 Å². The molecule has 1 amide bonds. The summed E-state index contributed by atoms with van der Waals surface area (Å²) in [5.41, 5.74) is 0.274. The zero-order valence-electron chi connectivity index (χ0n) is 12.4. The molecule has 128 valence electrons. The van der Waals surface area contributed by atoms with Crippen LogP contribution in [0.4, 0.5) is 0 Å². The Morgan fingerprint density at radius 2 is 2.04 bits per heavy atom. The van der Waals surface area contributed by atoms with Crippen molar-refractivity contribution in [1.29, 1.82) is 0 Å². The van der Waals surface area contributed by atoms with Crippen molar-refractivity contribution in [2.24, 2.45) is 0 Å². The van der Waals surface area contributed by atoms with Crippen LogP contribution in [0.5, 0.6) is 0 Å². The molecule has 2 N–H and O–H groups in total. The first kappa shape index (κ1) is 17.9. The molecule has 0 spiro atoms. The van der Waals surface area contributed by atoms with Gasteiger partial charge in [0.2, 0.25) is 10.0 Å². The number of thiophene rings is 1. The van der Waals surface area contributed by atoms with E-state index in [1.165, 1.54) is 23.5 Å². The molecule has 1 aromatic carbocycles. The minimum Gasteiger partial charge on any atom is -0.347 e. The van der Waals surface area contributed by atoms with Crippen LogP contribution in [0.2, 0.25) is 4.34 Å². The van der Waals surface area contributed by atoms with Crippen LogP contribution in [0.1, 0.15) is 28.1 Å².